The molecule has 152 valence electrons. The first-order valence-corrected chi connectivity index (χ1v) is 9.73. The van der Waals surface area contributed by atoms with Crippen LogP contribution in [-0.4, -0.2) is 41.9 Å². The van der Waals surface area contributed by atoms with Crippen LogP contribution in [0.25, 0.3) is 11.0 Å². The van der Waals surface area contributed by atoms with Crippen molar-refractivity contribution in [1.29, 1.82) is 0 Å². The quantitative estimate of drug-likeness (QED) is 0.574. The van der Waals surface area contributed by atoms with E-state index in [0.29, 0.717) is 11.5 Å². The van der Waals surface area contributed by atoms with Crippen molar-refractivity contribution in [1.82, 2.24) is 15.3 Å². The van der Waals surface area contributed by atoms with Crippen molar-refractivity contribution < 1.29 is 9.59 Å². The number of amides is 2. The van der Waals surface area contributed by atoms with Crippen LogP contribution in [0.15, 0.2) is 48.5 Å². The van der Waals surface area contributed by atoms with Gasteiger partial charge in [-0.1, -0.05) is 38.5 Å². The zero-order valence-electron chi connectivity index (χ0n) is 17.2. The van der Waals surface area contributed by atoms with Crippen LogP contribution in [0, 0.1) is 5.92 Å². The third kappa shape index (κ3) is 4.74. The fraction of sp³-hybridized carbons (Fsp3) is 0.318. The molecule has 0 aliphatic rings. The fourth-order valence-corrected chi connectivity index (χ4v) is 3.06. The van der Waals surface area contributed by atoms with Crippen LogP contribution in [0.1, 0.15) is 30.6 Å². The van der Waals surface area contributed by atoms with Gasteiger partial charge in [0.05, 0.1) is 11.0 Å². The van der Waals surface area contributed by atoms with Crippen molar-refractivity contribution in [2.75, 3.05) is 24.3 Å². The van der Waals surface area contributed by atoms with E-state index in [2.05, 4.69) is 20.6 Å². The van der Waals surface area contributed by atoms with Gasteiger partial charge in [-0.25, -0.2) is 4.98 Å². The molecule has 3 aromatic rings. The molecule has 29 heavy (non-hydrogen) atoms. The molecule has 0 saturated carbocycles. The first-order valence-electron chi connectivity index (χ1n) is 9.73. The van der Waals surface area contributed by atoms with E-state index in [-0.39, 0.29) is 17.7 Å². The van der Waals surface area contributed by atoms with Gasteiger partial charge in [0.25, 0.3) is 5.91 Å². The Bertz CT molecular complexity index is 978. The van der Waals surface area contributed by atoms with Gasteiger partial charge >= 0.3 is 0 Å². The molecule has 1 aromatic heterocycles. The van der Waals surface area contributed by atoms with Crippen LogP contribution in [-0.2, 0) is 4.79 Å². The predicted octanol–water partition coefficient (Wildman–Crippen LogP) is 3.41. The lowest BCUT2D eigenvalue weighted by Crippen LogP contribution is -2.47. The van der Waals surface area contributed by atoms with Gasteiger partial charge in [-0.15, -0.1) is 0 Å². The minimum atomic E-state index is -0.677. The molecule has 0 bridgehead atoms. The van der Waals surface area contributed by atoms with Crippen molar-refractivity contribution in [3.63, 3.8) is 0 Å². The Hall–Kier alpha value is -3.35. The summed E-state index contributed by atoms with van der Waals surface area (Å²) in [4.78, 5) is 35.1. The van der Waals surface area contributed by atoms with Crippen molar-refractivity contribution >= 4 is 34.5 Å². The minimum Gasteiger partial charge on any atom is -0.378 e. The summed E-state index contributed by atoms with van der Waals surface area (Å²) in [7, 11) is 3.83. The molecule has 0 unspecified atom stereocenters. The highest BCUT2D eigenvalue weighted by Crippen LogP contribution is 2.17. The molecule has 0 fully saturated rings. The molecule has 7 nitrogen and oxygen atoms in total. The average molecular weight is 393 g/mol. The van der Waals surface area contributed by atoms with E-state index < -0.39 is 6.04 Å². The lowest BCUT2D eigenvalue weighted by Gasteiger charge is -2.23. The third-order valence-electron chi connectivity index (χ3n) is 5.04. The Morgan fingerprint density at radius 3 is 2.59 bits per heavy atom. The Balaban J connectivity index is 1.77. The number of nitrogens with zero attached hydrogens (tertiary/aromatic N) is 2. The second-order valence-corrected chi connectivity index (χ2v) is 7.37. The minimum absolute atomic E-state index is 0.0413. The second-order valence-electron chi connectivity index (χ2n) is 7.37. The van der Waals surface area contributed by atoms with E-state index in [0.717, 1.165) is 23.1 Å². The SMILES string of the molecule is CC[C@H](C)[C@H](NC(=O)c1cccc(N(C)C)c1)C(=O)Nc1nc2ccccc2[nH]1. The van der Waals surface area contributed by atoms with Gasteiger partial charge in [0.1, 0.15) is 6.04 Å². The van der Waals surface area contributed by atoms with Gasteiger partial charge in [-0.3, -0.25) is 14.9 Å². The summed E-state index contributed by atoms with van der Waals surface area (Å²) < 4.78 is 0. The summed E-state index contributed by atoms with van der Waals surface area (Å²) >= 11 is 0. The number of imidazole rings is 1. The van der Waals surface area contributed by atoms with Gasteiger partial charge in [-0.2, -0.15) is 0 Å². The van der Waals surface area contributed by atoms with Gasteiger partial charge in [0, 0.05) is 25.3 Å². The van der Waals surface area contributed by atoms with Gasteiger partial charge in [0.2, 0.25) is 11.9 Å². The molecule has 1 heterocycles. The molecule has 2 amide bonds. The zero-order valence-corrected chi connectivity index (χ0v) is 17.2. The Morgan fingerprint density at radius 2 is 1.90 bits per heavy atom. The van der Waals surface area contributed by atoms with Crippen LogP contribution < -0.4 is 15.5 Å². The number of anilines is 2. The molecule has 2 aromatic carbocycles. The van der Waals surface area contributed by atoms with E-state index in [9.17, 15) is 9.59 Å². The molecule has 0 saturated heterocycles. The lowest BCUT2D eigenvalue weighted by molar-refractivity contribution is -0.119. The topological polar surface area (TPSA) is 90.1 Å². The van der Waals surface area contributed by atoms with Gasteiger partial charge in [0.15, 0.2) is 0 Å². The fourth-order valence-electron chi connectivity index (χ4n) is 3.06. The van der Waals surface area contributed by atoms with E-state index in [1.165, 1.54) is 0 Å². The molecule has 7 heteroatoms. The summed E-state index contributed by atoms with van der Waals surface area (Å²) in [6.07, 6.45) is 0.746. The number of fused-ring (bicyclic) bond motifs is 1. The zero-order chi connectivity index (χ0) is 21.0. The number of nitrogens with one attached hydrogen (secondary N) is 3. The number of carbonyl (C=O) groups excluding carboxylic acids is 2. The van der Waals surface area contributed by atoms with E-state index >= 15 is 0 Å². The molecule has 0 aliphatic heterocycles. The largest absolute Gasteiger partial charge is 0.378 e. The summed E-state index contributed by atoms with van der Waals surface area (Å²) in [6, 6.07) is 14.2. The van der Waals surface area contributed by atoms with Crippen LogP contribution in [0.2, 0.25) is 0 Å². The van der Waals surface area contributed by atoms with Crippen LogP contribution >= 0.6 is 0 Å². The van der Waals surface area contributed by atoms with Crippen molar-refractivity contribution in [3.8, 4) is 0 Å². The van der Waals surface area contributed by atoms with Gasteiger partial charge in [-0.05, 0) is 36.2 Å². The Labute approximate surface area is 170 Å². The highest BCUT2D eigenvalue weighted by atomic mass is 16.2. The maximum absolute atomic E-state index is 12.9. The maximum Gasteiger partial charge on any atom is 0.252 e. The summed E-state index contributed by atoms with van der Waals surface area (Å²) in [5.74, 6) is -0.247. The number of hydrogen-bond donors (Lipinski definition) is 3. The number of benzene rings is 2. The highest BCUT2D eigenvalue weighted by molar-refractivity contribution is 6.01. The Kier molecular flexibility index (Phi) is 6.16. The summed E-state index contributed by atoms with van der Waals surface area (Å²) in [5, 5.41) is 5.70. The van der Waals surface area contributed by atoms with Crippen LogP contribution in [0.4, 0.5) is 11.6 Å². The summed E-state index contributed by atoms with van der Waals surface area (Å²) in [5.41, 5.74) is 3.05. The van der Waals surface area contributed by atoms with E-state index in [4.69, 9.17) is 0 Å². The molecule has 3 rings (SSSR count). The monoisotopic (exact) mass is 393 g/mol. The molecular weight excluding hydrogens is 366 g/mol. The lowest BCUT2D eigenvalue weighted by atomic mass is 9.98. The Morgan fingerprint density at radius 1 is 1.14 bits per heavy atom. The third-order valence-corrected chi connectivity index (χ3v) is 5.04. The normalized spacial score (nSPS) is 13.0. The number of aromatic nitrogens is 2. The number of H-pyrrole nitrogens is 1. The van der Waals surface area contributed by atoms with Crippen molar-refractivity contribution in [2.24, 2.45) is 5.92 Å². The molecule has 3 N–H and O–H groups in total. The first-order chi connectivity index (χ1) is 13.9. The van der Waals surface area contributed by atoms with E-state index in [1.807, 2.05) is 69.2 Å². The maximum atomic E-state index is 12.9. The molecule has 0 radical (unpaired) electrons. The average Bonchev–Trinajstić information content (AvgIpc) is 3.13. The smallest absolute Gasteiger partial charge is 0.252 e. The van der Waals surface area contributed by atoms with Crippen molar-refractivity contribution in [3.05, 3.63) is 54.1 Å². The van der Waals surface area contributed by atoms with Crippen LogP contribution in [0.5, 0.6) is 0 Å². The molecular formula is C22H27N5O2. The number of aromatic amines is 1. The number of rotatable bonds is 7. The van der Waals surface area contributed by atoms with Gasteiger partial charge < -0.3 is 15.2 Å². The standard InChI is InChI=1S/C22H27N5O2/c1-5-14(2)19(25-20(28)15-9-8-10-16(13-15)27(3)4)21(29)26-22-23-17-11-6-7-12-18(17)24-22/h6-14,19H,5H2,1-4H3,(H,25,28)(H2,23,24,26,29)/t14-,19-/m0/s1. The number of carbonyl (C=O) groups is 2. The van der Waals surface area contributed by atoms with E-state index in [1.54, 1.807) is 12.1 Å². The van der Waals surface area contributed by atoms with Crippen LogP contribution in [0.3, 0.4) is 0 Å². The molecule has 0 aliphatic carbocycles. The first kappa shape index (κ1) is 20.4. The van der Waals surface area contributed by atoms with Crippen molar-refractivity contribution in [2.45, 2.75) is 26.3 Å². The molecule has 2 atom stereocenters. The number of hydrogen-bond acceptors (Lipinski definition) is 4. The number of para-hydroxylation sites is 2. The second kappa shape index (κ2) is 8.77. The molecule has 0 spiro atoms. The predicted molar refractivity (Wildman–Crippen MR) is 116 cm³/mol. The summed E-state index contributed by atoms with van der Waals surface area (Å²) in [6.45, 7) is 3.93. The highest BCUT2D eigenvalue weighted by Gasteiger charge is 2.27.